The molecule has 0 bridgehead atoms. The fourth-order valence-electron chi connectivity index (χ4n) is 3.43. The molecular weight excluding hydrogens is 541 g/mol. The molecule has 170 valence electrons. The quantitative estimate of drug-likeness (QED) is 0.416. The molecule has 0 amide bonds. The van der Waals surface area contributed by atoms with Crippen LogP contribution in [0.4, 0.5) is 4.39 Å². The highest BCUT2D eigenvalue weighted by Gasteiger charge is 2.39. The molecule has 0 saturated carbocycles. The first kappa shape index (κ1) is 23.5. The molecule has 1 aliphatic rings. The van der Waals surface area contributed by atoms with Crippen molar-refractivity contribution in [3.63, 3.8) is 0 Å². The molecule has 1 fully saturated rings. The van der Waals surface area contributed by atoms with Gasteiger partial charge in [-0.15, -0.1) is 0 Å². The van der Waals surface area contributed by atoms with Crippen molar-refractivity contribution < 1.29 is 25.6 Å². The lowest BCUT2D eigenvalue weighted by molar-refractivity contribution is 0.296. The molecule has 1 atom stereocenters. The molecule has 32 heavy (non-hydrogen) atoms. The maximum absolute atomic E-state index is 13.3. The summed E-state index contributed by atoms with van der Waals surface area (Å²) in [5, 5.41) is 0.584. The third-order valence-corrected chi connectivity index (χ3v) is 10.1. The molecule has 4 rings (SSSR count). The lowest BCUT2D eigenvalue weighted by Crippen LogP contribution is -2.40. The van der Waals surface area contributed by atoms with E-state index in [0.717, 1.165) is 25.8 Å². The van der Waals surface area contributed by atoms with Gasteiger partial charge in [-0.3, -0.25) is 0 Å². The number of rotatable bonds is 7. The molecule has 0 aliphatic carbocycles. The second-order valence-electron chi connectivity index (χ2n) is 7.34. The summed E-state index contributed by atoms with van der Waals surface area (Å²) in [5.41, 5.74) is 0. The van der Waals surface area contributed by atoms with Crippen LogP contribution in [0.15, 0.2) is 84.4 Å². The summed E-state index contributed by atoms with van der Waals surface area (Å²) in [6, 6.07) is 14.9. The van der Waals surface area contributed by atoms with E-state index in [4.69, 9.17) is 4.42 Å². The number of nitrogens with zero attached hydrogens (tertiary/aromatic N) is 1. The second-order valence-corrected chi connectivity index (χ2v) is 13.5. The monoisotopic (exact) mass is 559 g/mol. The molecule has 0 spiro atoms. The fourth-order valence-corrected chi connectivity index (χ4v) is 7.92. The van der Waals surface area contributed by atoms with Gasteiger partial charge in [0.2, 0.25) is 10.0 Å². The molecule has 1 aromatic heterocycles. The van der Waals surface area contributed by atoms with Crippen molar-refractivity contribution in [2.45, 2.75) is 33.9 Å². The van der Waals surface area contributed by atoms with E-state index in [2.05, 4.69) is 15.9 Å². The Morgan fingerprint density at radius 3 is 2.38 bits per heavy atom. The van der Waals surface area contributed by atoms with Gasteiger partial charge >= 0.3 is 0 Å². The number of hydrogen-bond donors (Lipinski definition) is 0. The van der Waals surface area contributed by atoms with Crippen molar-refractivity contribution in [1.29, 1.82) is 0 Å². The van der Waals surface area contributed by atoms with E-state index in [-0.39, 0.29) is 29.4 Å². The Morgan fingerprint density at radius 2 is 1.75 bits per heavy atom. The molecule has 0 N–H and O–H groups in total. The van der Waals surface area contributed by atoms with Crippen LogP contribution in [0.5, 0.6) is 0 Å². The fraction of sp³-hybridized carbons (Fsp3) is 0.238. The van der Waals surface area contributed by atoms with Crippen LogP contribution in [-0.4, -0.2) is 38.7 Å². The Hall–Kier alpha value is -1.66. The van der Waals surface area contributed by atoms with Gasteiger partial charge in [0.05, 0.1) is 22.9 Å². The highest BCUT2D eigenvalue weighted by Crippen LogP contribution is 2.32. The van der Waals surface area contributed by atoms with Crippen LogP contribution in [0.25, 0.3) is 0 Å². The average molecular weight is 560 g/mol. The maximum atomic E-state index is 13.3. The van der Waals surface area contributed by atoms with Gasteiger partial charge in [0.25, 0.3) is 0 Å². The molecule has 6 nitrogen and oxygen atoms in total. The van der Waals surface area contributed by atoms with Gasteiger partial charge in [-0.1, -0.05) is 27.7 Å². The van der Waals surface area contributed by atoms with Crippen LogP contribution >= 0.6 is 27.7 Å². The Morgan fingerprint density at radius 1 is 1.06 bits per heavy atom. The number of sulfone groups is 1. The van der Waals surface area contributed by atoms with E-state index in [1.165, 1.54) is 23.9 Å². The molecule has 1 saturated heterocycles. The topological polar surface area (TPSA) is 84.7 Å². The van der Waals surface area contributed by atoms with Crippen LogP contribution < -0.4 is 0 Å². The summed E-state index contributed by atoms with van der Waals surface area (Å²) >= 11 is 4.77. The minimum absolute atomic E-state index is 0.0735. The minimum atomic E-state index is -4.07. The van der Waals surface area contributed by atoms with Gasteiger partial charge in [0, 0.05) is 15.4 Å². The van der Waals surface area contributed by atoms with Crippen molar-refractivity contribution in [2.75, 3.05) is 11.5 Å². The molecule has 1 aliphatic heterocycles. The SMILES string of the molecule is O=S1(=O)CC[C@@H](N(Cc2ccc(Sc3ccc(Br)cc3)o2)S(=O)(=O)c2ccc(F)cc2)C1. The van der Waals surface area contributed by atoms with Crippen LogP contribution in [0.3, 0.4) is 0 Å². The summed E-state index contributed by atoms with van der Waals surface area (Å²) in [6.45, 7) is -0.124. The van der Waals surface area contributed by atoms with E-state index < -0.39 is 31.7 Å². The van der Waals surface area contributed by atoms with Crippen LogP contribution in [0, 0.1) is 5.82 Å². The van der Waals surface area contributed by atoms with Crippen molar-refractivity contribution >= 4 is 47.6 Å². The highest BCUT2D eigenvalue weighted by molar-refractivity contribution is 9.10. The van der Waals surface area contributed by atoms with Gasteiger partial charge in [0.1, 0.15) is 11.6 Å². The summed E-state index contributed by atoms with van der Waals surface area (Å²) in [6.07, 6.45) is 0.198. The zero-order chi connectivity index (χ0) is 22.9. The van der Waals surface area contributed by atoms with Crippen molar-refractivity contribution in [3.05, 3.63) is 76.7 Å². The van der Waals surface area contributed by atoms with E-state index >= 15 is 0 Å². The van der Waals surface area contributed by atoms with Crippen LogP contribution in [-0.2, 0) is 26.4 Å². The number of furan rings is 1. The zero-order valence-corrected chi connectivity index (χ0v) is 20.7. The van der Waals surface area contributed by atoms with Crippen LogP contribution in [0.2, 0.25) is 0 Å². The first-order valence-corrected chi connectivity index (χ1v) is 14.5. The zero-order valence-electron chi connectivity index (χ0n) is 16.6. The predicted molar refractivity (Wildman–Crippen MR) is 123 cm³/mol. The van der Waals surface area contributed by atoms with E-state index in [1.54, 1.807) is 12.1 Å². The Balaban J connectivity index is 1.60. The third kappa shape index (κ3) is 5.45. The standard InChI is InChI=1S/C21H19BrFNO5S3/c22-15-1-6-19(7-2-15)30-21-10-5-18(29-21)13-24(17-11-12-31(25,26)14-17)32(27,28)20-8-3-16(23)4-9-20/h1-10,17H,11-14H2/t17-/m1/s1. The van der Waals surface area contributed by atoms with Crippen LogP contribution in [0.1, 0.15) is 12.2 Å². The largest absolute Gasteiger partial charge is 0.453 e. The van der Waals surface area contributed by atoms with Crippen molar-refractivity contribution in [3.8, 4) is 0 Å². The number of hydrogen-bond acceptors (Lipinski definition) is 6. The molecule has 2 heterocycles. The Kier molecular flexibility index (Phi) is 6.83. The highest BCUT2D eigenvalue weighted by atomic mass is 79.9. The third-order valence-electron chi connectivity index (χ3n) is 5.02. The van der Waals surface area contributed by atoms with Crippen molar-refractivity contribution in [1.82, 2.24) is 4.31 Å². The number of benzene rings is 2. The Labute approximate surface area is 198 Å². The second kappa shape index (κ2) is 9.30. The predicted octanol–water partition coefficient (Wildman–Crippen LogP) is 4.71. The Bertz CT molecular complexity index is 1310. The number of sulfonamides is 1. The normalized spacial score (nSPS) is 18.3. The maximum Gasteiger partial charge on any atom is 0.243 e. The minimum Gasteiger partial charge on any atom is -0.453 e. The lowest BCUT2D eigenvalue weighted by atomic mass is 10.2. The van der Waals surface area contributed by atoms with Gasteiger partial charge in [-0.05, 0) is 67.1 Å². The van der Waals surface area contributed by atoms with Gasteiger partial charge in [-0.2, -0.15) is 4.31 Å². The molecule has 0 unspecified atom stereocenters. The number of halogens is 2. The van der Waals surface area contributed by atoms with Gasteiger partial charge in [0.15, 0.2) is 14.9 Å². The smallest absolute Gasteiger partial charge is 0.243 e. The summed E-state index contributed by atoms with van der Waals surface area (Å²) in [7, 11) is -7.40. The van der Waals surface area contributed by atoms with E-state index in [9.17, 15) is 21.2 Å². The summed E-state index contributed by atoms with van der Waals surface area (Å²) < 4.78 is 72.0. The van der Waals surface area contributed by atoms with Crippen molar-refractivity contribution in [2.24, 2.45) is 0 Å². The first-order chi connectivity index (χ1) is 15.1. The lowest BCUT2D eigenvalue weighted by Gasteiger charge is -2.26. The molecular formula is C21H19BrFNO5S3. The van der Waals surface area contributed by atoms with E-state index in [0.29, 0.717) is 10.9 Å². The summed E-state index contributed by atoms with van der Waals surface area (Å²) in [4.78, 5) is 0.853. The van der Waals surface area contributed by atoms with Gasteiger partial charge < -0.3 is 4.42 Å². The average Bonchev–Trinajstić information content (AvgIpc) is 3.33. The molecule has 11 heteroatoms. The van der Waals surface area contributed by atoms with E-state index in [1.807, 2.05) is 24.3 Å². The summed E-state index contributed by atoms with van der Waals surface area (Å²) in [5.74, 6) is -0.496. The molecule has 2 aromatic carbocycles. The molecule has 3 aromatic rings. The van der Waals surface area contributed by atoms with Gasteiger partial charge in [-0.25, -0.2) is 21.2 Å². The molecule has 0 radical (unpaired) electrons. The first-order valence-electron chi connectivity index (χ1n) is 9.62.